The molecule has 0 aliphatic rings. The summed E-state index contributed by atoms with van der Waals surface area (Å²) >= 11 is 1.30. The van der Waals surface area contributed by atoms with Crippen molar-refractivity contribution in [3.63, 3.8) is 0 Å². The highest BCUT2D eigenvalue weighted by molar-refractivity contribution is 8.13. The highest BCUT2D eigenvalue weighted by Gasteiger charge is 2.09. The molecule has 0 saturated carbocycles. The molecule has 0 spiro atoms. The lowest BCUT2D eigenvalue weighted by Crippen LogP contribution is -2.13. The largest absolute Gasteiger partial charge is 0.491 e. The minimum Gasteiger partial charge on any atom is -0.491 e. The fourth-order valence-electron chi connectivity index (χ4n) is 1.78. The number of ether oxygens (including phenoxy) is 1. The van der Waals surface area contributed by atoms with E-state index in [1.807, 2.05) is 67.6 Å². The Balaban J connectivity index is 1.73. The van der Waals surface area contributed by atoms with Gasteiger partial charge in [0, 0.05) is 11.3 Å². The van der Waals surface area contributed by atoms with Gasteiger partial charge in [0.2, 0.25) is 0 Å². The number of para-hydroxylation sites is 1. The number of rotatable bonds is 6. The first kappa shape index (κ1) is 14.7. The van der Waals surface area contributed by atoms with Gasteiger partial charge in [-0.05, 0) is 37.6 Å². The molecule has 0 bridgehead atoms. The summed E-state index contributed by atoms with van der Waals surface area (Å²) in [6, 6.07) is 19.4. The van der Waals surface area contributed by atoms with Gasteiger partial charge in [0.15, 0.2) is 5.12 Å². The van der Waals surface area contributed by atoms with E-state index in [0.29, 0.717) is 6.42 Å². The Kier molecular flexibility index (Phi) is 5.69. The minimum atomic E-state index is 0.0396. The van der Waals surface area contributed by atoms with Crippen molar-refractivity contribution in [3.8, 4) is 5.75 Å². The molecule has 0 radical (unpaired) electrons. The van der Waals surface area contributed by atoms with Crippen LogP contribution >= 0.6 is 11.8 Å². The average molecular weight is 286 g/mol. The molecule has 0 aliphatic heterocycles. The number of carbonyl (C=O) groups is 1. The summed E-state index contributed by atoms with van der Waals surface area (Å²) in [5.41, 5.74) is 0. The van der Waals surface area contributed by atoms with Crippen molar-refractivity contribution in [2.24, 2.45) is 0 Å². The molecule has 0 aliphatic carbocycles. The first-order valence-electron chi connectivity index (χ1n) is 6.71. The molecule has 0 saturated heterocycles. The second kappa shape index (κ2) is 7.75. The molecule has 1 unspecified atom stereocenters. The van der Waals surface area contributed by atoms with Gasteiger partial charge >= 0.3 is 0 Å². The summed E-state index contributed by atoms with van der Waals surface area (Å²) in [5.74, 6) is 0.850. The standard InChI is InChI=1S/C17H18O2S/c1-14(19-15-8-4-2-5-9-15)12-13-17(18)20-16-10-6-3-7-11-16/h2-11,14H,12-13H2,1H3. The molecule has 1 atom stereocenters. The van der Waals surface area contributed by atoms with Gasteiger partial charge < -0.3 is 4.74 Å². The molecule has 20 heavy (non-hydrogen) atoms. The number of hydrogen-bond donors (Lipinski definition) is 0. The Bertz CT molecular complexity index is 525. The first-order valence-corrected chi connectivity index (χ1v) is 7.53. The Labute approximate surface area is 124 Å². The summed E-state index contributed by atoms with van der Waals surface area (Å²) < 4.78 is 5.75. The van der Waals surface area contributed by atoms with E-state index in [4.69, 9.17) is 4.74 Å². The van der Waals surface area contributed by atoms with Crippen LogP contribution in [-0.4, -0.2) is 11.2 Å². The van der Waals surface area contributed by atoms with Crippen molar-refractivity contribution in [3.05, 3.63) is 60.7 Å². The molecule has 0 fully saturated rings. The predicted octanol–water partition coefficient (Wildman–Crippen LogP) is 4.55. The van der Waals surface area contributed by atoms with Gasteiger partial charge in [-0.15, -0.1) is 0 Å². The van der Waals surface area contributed by atoms with E-state index < -0.39 is 0 Å². The molecular formula is C17H18O2S. The molecule has 2 aromatic carbocycles. The number of carbonyl (C=O) groups excluding carboxylic acids is 1. The van der Waals surface area contributed by atoms with Gasteiger partial charge in [0.1, 0.15) is 5.75 Å². The van der Waals surface area contributed by atoms with Crippen LogP contribution in [0.4, 0.5) is 0 Å². The predicted molar refractivity (Wildman–Crippen MR) is 83.1 cm³/mol. The zero-order chi connectivity index (χ0) is 14.2. The van der Waals surface area contributed by atoms with E-state index in [1.165, 1.54) is 11.8 Å². The minimum absolute atomic E-state index is 0.0396. The van der Waals surface area contributed by atoms with Crippen molar-refractivity contribution in [2.45, 2.75) is 30.8 Å². The SMILES string of the molecule is CC(CCC(=O)Sc1ccccc1)Oc1ccccc1. The molecule has 0 heterocycles. The quantitative estimate of drug-likeness (QED) is 0.729. The maximum atomic E-state index is 11.9. The van der Waals surface area contributed by atoms with Crippen LogP contribution in [0.25, 0.3) is 0 Å². The van der Waals surface area contributed by atoms with Crippen LogP contribution < -0.4 is 4.74 Å². The first-order chi connectivity index (χ1) is 9.74. The van der Waals surface area contributed by atoms with E-state index in [2.05, 4.69) is 0 Å². The fraction of sp³-hybridized carbons (Fsp3) is 0.235. The zero-order valence-electron chi connectivity index (χ0n) is 11.5. The molecular weight excluding hydrogens is 268 g/mol. The molecule has 2 rings (SSSR count). The monoisotopic (exact) mass is 286 g/mol. The molecule has 0 aromatic heterocycles. The third-order valence-corrected chi connectivity index (χ3v) is 3.75. The summed E-state index contributed by atoms with van der Waals surface area (Å²) in [6.45, 7) is 1.99. The third kappa shape index (κ3) is 5.10. The van der Waals surface area contributed by atoms with E-state index in [0.717, 1.165) is 17.1 Å². The summed E-state index contributed by atoms with van der Waals surface area (Å²) in [7, 11) is 0. The van der Waals surface area contributed by atoms with Crippen molar-refractivity contribution in [2.75, 3.05) is 0 Å². The topological polar surface area (TPSA) is 26.3 Å². The number of benzene rings is 2. The number of thioether (sulfide) groups is 1. The van der Waals surface area contributed by atoms with Crippen molar-refractivity contribution < 1.29 is 9.53 Å². The van der Waals surface area contributed by atoms with Gasteiger partial charge in [-0.3, -0.25) is 4.79 Å². The Morgan fingerprint density at radius 3 is 2.30 bits per heavy atom. The van der Waals surface area contributed by atoms with Gasteiger partial charge in [-0.25, -0.2) is 0 Å². The van der Waals surface area contributed by atoms with E-state index in [1.54, 1.807) is 0 Å². The zero-order valence-corrected chi connectivity index (χ0v) is 12.3. The van der Waals surface area contributed by atoms with Gasteiger partial charge in [-0.2, -0.15) is 0 Å². The van der Waals surface area contributed by atoms with Crippen LogP contribution in [0.2, 0.25) is 0 Å². The lowest BCUT2D eigenvalue weighted by Gasteiger charge is -2.13. The fourth-order valence-corrected chi connectivity index (χ4v) is 2.56. The van der Waals surface area contributed by atoms with Gasteiger partial charge in [0.25, 0.3) is 0 Å². The summed E-state index contributed by atoms with van der Waals surface area (Å²) in [4.78, 5) is 12.9. The second-order valence-corrected chi connectivity index (χ2v) is 5.70. The van der Waals surface area contributed by atoms with Gasteiger partial charge in [-0.1, -0.05) is 48.2 Å². The molecule has 0 amide bonds. The molecule has 2 nitrogen and oxygen atoms in total. The summed E-state index contributed by atoms with van der Waals surface area (Å²) in [6.07, 6.45) is 1.29. The van der Waals surface area contributed by atoms with Crippen LogP contribution in [0.3, 0.4) is 0 Å². The van der Waals surface area contributed by atoms with Crippen molar-refractivity contribution in [1.29, 1.82) is 0 Å². The van der Waals surface area contributed by atoms with Crippen molar-refractivity contribution >= 4 is 16.9 Å². The van der Waals surface area contributed by atoms with E-state index >= 15 is 0 Å². The molecule has 0 N–H and O–H groups in total. The maximum Gasteiger partial charge on any atom is 0.193 e. The highest BCUT2D eigenvalue weighted by Crippen LogP contribution is 2.21. The van der Waals surface area contributed by atoms with E-state index in [-0.39, 0.29) is 11.2 Å². The summed E-state index contributed by atoms with van der Waals surface area (Å²) in [5, 5.41) is 0.180. The Morgan fingerprint density at radius 1 is 1.05 bits per heavy atom. The lowest BCUT2D eigenvalue weighted by molar-refractivity contribution is -0.111. The number of hydrogen-bond acceptors (Lipinski definition) is 3. The van der Waals surface area contributed by atoms with Crippen LogP contribution in [0.5, 0.6) is 5.75 Å². The van der Waals surface area contributed by atoms with Crippen LogP contribution in [0.1, 0.15) is 19.8 Å². The average Bonchev–Trinajstić information content (AvgIpc) is 2.47. The lowest BCUT2D eigenvalue weighted by atomic mass is 10.2. The Hall–Kier alpha value is -1.74. The third-order valence-electron chi connectivity index (χ3n) is 2.81. The van der Waals surface area contributed by atoms with Crippen LogP contribution in [0, 0.1) is 0 Å². The van der Waals surface area contributed by atoms with E-state index in [9.17, 15) is 4.79 Å². The normalized spacial score (nSPS) is 11.8. The maximum absolute atomic E-state index is 11.9. The second-order valence-electron chi connectivity index (χ2n) is 4.57. The molecule has 104 valence electrons. The Morgan fingerprint density at radius 2 is 1.65 bits per heavy atom. The highest BCUT2D eigenvalue weighted by atomic mass is 32.2. The van der Waals surface area contributed by atoms with Gasteiger partial charge in [0.05, 0.1) is 6.10 Å². The van der Waals surface area contributed by atoms with Crippen LogP contribution in [0.15, 0.2) is 65.6 Å². The molecule has 2 aromatic rings. The molecule has 3 heteroatoms. The smallest absolute Gasteiger partial charge is 0.193 e. The van der Waals surface area contributed by atoms with Crippen molar-refractivity contribution in [1.82, 2.24) is 0 Å². The van der Waals surface area contributed by atoms with Crippen LogP contribution in [-0.2, 0) is 4.79 Å².